The molecule has 1 aliphatic rings. The summed E-state index contributed by atoms with van der Waals surface area (Å²) in [6.07, 6.45) is 0. The van der Waals surface area contributed by atoms with Gasteiger partial charge in [0.2, 0.25) is 11.1 Å². The maximum atomic E-state index is 13.6. The molecule has 1 aromatic heterocycles. The highest BCUT2D eigenvalue weighted by Crippen LogP contribution is 2.40. The molecule has 1 atom stereocenters. The maximum absolute atomic E-state index is 13.6. The van der Waals surface area contributed by atoms with E-state index in [9.17, 15) is 4.79 Å². The van der Waals surface area contributed by atoms with Gasteiger partial charge in [0.05, 0.1) is 12.7 Å². The Hall–Kier alpha value is -4.04. The number of methoxy groups -OCH3 is 1. The van der Waals surface area contributed by atoms with Crippen LogP contribution in [0.3, 0.4) is 0 Å². The third kappa shape index (κ3) is 4.79. The minimum absolute atomic E-state index is 0.211. The van der Waals surface area contributed by atoms with Crippen LogP contribution in [0.4, 0.5) is 11.6 Å². The molecule has 176 valence electrons. The molecule has 0 spiro atoms. The number of fused-ring (bicyclic) bond motifs is 1. The lowest BCUT2D eigenvalue weighted by molar-refractivity contribution is -0.113. The summed E-state index contributed by atoms with van der Waals surface area (Å²) in [5, 5.41) is 11.7. The van der Waals surface area contributed by atoms with Crippen LogP contribution < -0.4 is 15.4 Å². The SMILES string of the molecule is COc1ccccc1C1C(C(=O)Nc2ccccc2)=C(C)Nc2nc(SCc3ccccc3)nn21. The van der Waals surface area contributed by atoms with Gasteiger partial charge in [-0.15, -0.1) is 5.10 Å². The van der Waals surface area contributed by atoms with Crippen LogP contribution in [-0.4, -0.2) is 27.8 Å². The Balaban J connectivity index is 1.53. The van der Waals surface area contributed by atoms with Gasteiger partial charge in [-0.05, 0) is 30.7 Å². The molecule has 0 saturated heterocycles. The van der Waals surface area contributed by atoms with E-state index in [4.69, 9.17) is 14.8 Å². The Labute approximate surface area is 208 Å². The highest BCUT2D eigenvalue weighted by molar-refractivity contribution is 7.98. The van der Waals surface area contributed by atoms with Gasteiger partial charge in [-0.2, -0.15) is 4.98 Å². The fourth-order valence-electron chi connectivity index (χ4n) is 4.11. The Bertz CT molecular complexity index is 1370. The number of thioether (sulfide) groups is 1. The summed E-state index contributed by atoms with van der Waals surface area (Å²) in [5.74, 6) is 1.80. The Morgan fingerprint density at radius 2 is 1.71 bits per heavy atom. The van der Waals surface area contributed by atoms with E-state index in [0.717, 1.165) is 17.0 Å². The van der Waals surface area contributed by atoms with Crippen LogP contribution in [0.2, 0.25) is 0 Å². The molecule has 4 aromatic rings. The Morgan fingerprint density at radius 3 is 2.46 bits per heavy atom. The molecule has 5 rings (SSSR count). The number of nitrogens with one attached hydrogen (secondary N) is 2. The molecule has 35 heavy (non-hydrogen) atoms. The van der Waals surface area contributed by atoms with Gasteiger partial charge < -0.3 is 15.4 Å². The number of hydrogen-bond acceptors (Lipinski definition) is 6. The molecule has 7 nitrogen and oxygen atoms in total. The summed E-state index contributed by atoms with van der Waals surface area (Å²) in [4.78, 5) is 18.3. The van der Waals surface area contributed by atoms with E-state index < -0.39 is 6.04 Å². The molecule has 1 amide bonds. The van der Waals surface area contributed by atoms with E-state index in [1.54, 1.807) is 23.6 Å². The van der Waals surface area contributed by atoms with Crippen LogP contribution in [0.15, 0.2) is 101 Å². The lowest BCUT2D eigenvalue weighted by Gasteiger charge is -2.29. The van der Waals surface area contributed by atoms with Crippen LogP contribution >= 0.6 is 11.8 Å². The topological polar surface area (TPSA) is 81.1 Å². The van der Waals surface area contributed by atoms with Gasteiger partial charge in [-0.25, -0.2) is 4.68 Å². The number of carbonyl (C=O) groups is 1. The van der Waals surface area contributed by atoms with E-state index in [1.807, 2.05) is 79.7 Å². The molecule has 1 aliphatic heterocycles. The normalized spacial score (nSPS) is 14.7. The zero-order chi connectivity index (χ0) is 24.2. The molecule has 2 N–H and O–H groups in total. The monoisotopic (exact) mass is 483 g/mol. The molecule has 2 heterocycles. The van der Waals surface area contributed by atoms with Crippen molar-refractivity contribution in [2.75, 3.05) is 17.7 Å². The van der Waals surface area contributed by atoms with Gasteiger partial charge in [-0.1, -0.05) is 78.5 Å². The molecule has 0 fully saturated rings. The van der Waals surface area contributed by atoms with Crippen LogP contribution in [0.25, 0.3) is 0 Å². The predicted molar refractivity (Wildman–Crippen MR) is 139 cm³/mol. The number of allylic oxidation sites excluding steroid dienone is 1. The van der Waals surface area contributed by atoms with E-state index in [0.29, 0.717) is 28.1 Å². The van der Waals surface area contributed by atoms with Crippen molar-refractivity contribution in [3.05, 3.63) is 107 Å². The summed E-state index contributed by atoms with van der Waals surface area (Å²) in [5.41, 5.74) is 4.01. The minimum atomic E-state index is -0.510. The first-order valence-electron chi connectivity index (χ1n) is 11.2. The second kappa shape index (κ2) is 10.1. The standard InChI is InChI=1S/C27H25N5O2S/c1-18-23(25(33)29-20-13-7-4-8-14-20)24(21-15-9-10-16-22(21)34-2)32-26(28-18)30-27(31-32)35-17-19-11-5-3-6-12-19/h3-16,24H,17H2,1-2H3,(H,29,33)(H,28,30,31). The molecule has 0 bridgehead atoms. The van der Waals surface area contributed by atoms with Crippen molar-refractivity contribution in [3.8, 4) is 5.75 Å². The van der Waals surface area contributed by atoms with Gasteiger partial charge in [-0.3, -0.25) is 4.79 Å². The molecule has 1 unspecified atom stereocenters. The highest BCUT2D eigenvalue weighted by atomic mass is 32.2. The fraction of sp³-hybridized carbons (Fsp3) is 0.148. The summed E-state index contributed by atoms with van der Waals surface area (Å²) >= 11 is 1.55. The largest absolute Gasteiger partial charge is 0.496 e. The van der Waals surface area contributed by atoms with E-state index in [2.05, 4.69) is 22.8 Å². The molecule has 0 saturated carbocycles. The van der Waals surface area contributed by atoms with Crippen molar-refractivity contribution in [2.24, 2.45) is 0 Å². The highest BCUT2D eigenvalue weighted by Gasteiger charge is 2.36. The Kier molecular flexibility index (Phi) is 6.54. The van der Waals surface area contributed by atoms with Gasteiger partial charge in [0, 0.05) is 22.7 Å². The molecular weight excluding hydrogens is 458 g/mol. The molecule has 0 aliphatic carbocycles. The first-order chi connectivity index (χ1) is 17.1. The summed E-state index contributed by atoms with van der Waals surface area (Å²) < 4.78 is 7.44. The zero-order valence-electron chi connectivity index (χ0n) is 19.4. The predicted octanol–water partition coefficient (Wildman–Crippen LogP) is 5.51. The quantitative estimate of drug-likeness (QED) is 0.338. The number of hydrogen-bond donors (Lipinski definition) is 2. The first-order valence-corrected chi connectivity index (χ1v) is 12.2. The lowest BCUT2D eigenvalue weighted by Crippen LogP contribution is -2.31. The number of rotatable bonds is 7. The van der Waals surface area contributed by atoms with E-state index in [-0.39, 0.29) is 5.91 Å². The number of para-hydroxylation sites is 2. The van der Waals surface area contributed by atoms with Crippen molar-refractivity contribution >= 4 is 29.3 Å². The van der Waals surface area contributed by atoms with Crippen molar-refractivity contribution in [1.82, 2.24) is 14.8 Å². The lowest BCUT2D eigenvalue weighted by atomic mass is 9.94. The van der Waals surface area contributed by atoms with E-state index >= 15 is 0 Å². The van der Waals surface area contributed by atoms with Crippen molar-refractivity contribution < 1.29 is 9.53 Å². The number of nitrogens with zero attached hydrogens (tertiary/aromatic N) is 3. The van der Waals surface area contributed by atoms with E-state index in [1.165, 1.54) is 5.56 Å². The maximum Gasteiger partial charge on any atom is 0.255 e. The van der Waals surface area contributed by atoms with Crippen LogP contribution in [0.1, 0.15) is 24.1 Å². The van der Waals surface area contributed by atoms with Gasteiger partial charge >= 0.3 is 0 Å². The number of carbonyl (C=O) groups excluding carboxylic acids is 1. The third-order valence-corrected chi connectivity index (χ3v) is 6.66. The summed E-state index contributed by atoms with van der Waals surface area (Å²) in [6, 6.07) is 26.8. The number of anilines is 2. The number of ether oxygens (including phenoxy) is 1. The first kappa shape index (κ1) is 22.7. The van der Waals surface area contributed by atoms with Crippen molar-refractivity contribution in [1.29, 1.82) is 0 Å². The molecule has 8 heteroatoms. The Morgan fingerprint density at radius 1 is 1.03 bits per heavy atom. The summed E-state index contributed by atoms with van der Waals surface area (Å²) in [7, 11) is 1.63. The second-order valence-corrected chi connectivity index (χ2v) is 9.01. The smallest absolute Gasteiger partial charge is 0.255 e. The van der Waals surface area contributed by atoms with Gasteiger partial charge in [0.1, 0.15) is 11.8 Å². The van der Waals surface area contributed by atoms with Crippen molar-refractivity contribution in [2.45, 2.75) is 23.9 Å². The third-order valence-electron chi connectivity index (χ3n) is 5.75. The number of benzene rings is 3. The minimum Gasteiger partial charge on any atom is -0.496 e. The molecular formula is C27H25N5O2S. The fourth-order valence-corrected chi connectivity index (χ4v) is 4.89. The summed E-state index contributed by atoms with van der Waals surface area (Å²) in [6.45, 7) is 1.89. The molecule has 3 aromatic carbocycles. The van der Waals surface area contributed by atoms with Crippen LogP contribution in [0.5, 0.6) is 5.75 Å². The second-order valence-electron chi connectivity index (χ2n) is 8.07. The molecule has 0 radical (unpaired) electrons. The van der Waals surface area contributed by atoms with Crippen molar-refractivity contribution in [3.63, 3.8) is 0 Å². The van der Waals surface area contributed by atoms with Gasteiger partial charge in [0.25, 0.3) is 5.91 Å². The van der Waals surface area contributed by atoms with Gasteiger partial charge in [0.15, 0.2) is 0 Å². The zero-order valence-corrected chi connectivity index (χ0v) is 20.3. The number of amides is 1. The van der Waals surface area contributed by atoms with Crippen LogP contribution in [-0.2, 0) is 10.5 Å². The van der Waals surface area contributed by atoms with Crippen LogP contribution in [0, 0.1) is 0 Å². The average molecular weight is 484 g/mol. The number of aromatic nitrogens is 3. The average Bonchev–Trinajstić information content (AvgIpc) is 3.30.